The zero-order valence-electron chi connectivity index (χ0n) is 9.51. The van der Waals surface area contributed by atoms with Gasteiger partial charge in [-0.1, -0.05) is 5.70 Å². The van der Waals surface area contributed by atoms with Crippen molar-refractivity contribution in [3.63, 3.8) is 0 Å². The van der Waals surface area contributed by atoms with Gasteiger partial charge in [0.1, 0.15) is 0 Å². The second-order valence-corrected chi connectivity index (χ2v) is 12.4. The molecule has 0 amide bonds. The highest BCUT2D eigenvalue weighted by Crippen LogP contribution is 2.31. The molecule has 0 bridgehead atoms. The van der Waals surface area contributed by atoms with E-state index in [-0.39, 0.29) is 5.97 Å². The molecule has 0 aliphatic carbocycles. The molecule has 1 aliphatic rings. The van der Waals surface area contributed by atoms with Gasteiger partial charge in [0, 0.05) is 5.20 Å². The van der Waals surface area contributed by atoms with Gasteiger partial charge < -0.3 is 8.85 Å². The Hall–Kier alpha value is -0.396. The van der Waals surface area contributed by atoms with Crippen LogP contribution in [0.4, 0.5) is 0 Å². The van der Waals surface area contributed by atoms with Gasteiger partial charge in [-0.3, -0.25) is 0 Å². The van der Waals surface area contributed by atoms with Crippen molar-refractivity contribution in [2.45, 2.75) is 33.1 Å². The predicted molar refractivity (Wildman–Crippen MR) is 60.8 cm³/mol. The zero-order chi connectivity index (χ0) is 11.0. The highest BCUT2D eigenvalue weighted by molar-refractivity contribution is 6.98. The van der Waals surface area contributed by atoms with E-state index in [0.29, 0.717) is 6.61 Å². The fraction of sp³-hybridized carbons (Fsp3) is 0.667. The van der Waals surface area contributed by atoms with Gasteiger partial charge in [0.2, 0.25) is 8.32 Å². The molecule has 0 saturated heterocycles. The minimum absolute atomic E-state index is 0.178. The Kier molecular flexibility index (Phi) is 3.03. The predicted octanol–water partition coefficient (Wildman–Crippen LogP) is 1.99. The standard InChI is InChI=1S/C9H18O3Si2/c1-6-11-9(10)8-7-13(2,3)12-14(8,4)5/h7H,6H2,1-5H3. The average molecular weight is 230 g/mol. The van der Waals surface area contributed by atoms with Crippen molar-refractivity contribution < 1.29 is 13.6 Å². The molecule has 0 spiro atoms. The fourth-order valence-corrected chi connectivity index (χ4v) is 11.5. The van der Waals surface area contributed by atoms with Crippen LogP contribution >= 0.6 is 0 Å². The lowest BCUT2D eigenvalue weighted by Gasteiger charge is -2.23. The third-order valence-electron chi connectivity index (χ3n) is 2.15. The molecule has 1 rings (SSSR count). The summed E-state index contributed by atoms with van der Waals surface area (Å²) in [6.07, 6.45) is 0. The molecule has 0 aromatic heterocycles. The Balaban J connectivity index is 2.91. The first kappa shape index (κ1) is 11.7. The lowest BCUT2D eigenvalue weighted by Crippen LogP contribution is -2.39. The van der Waals surface area contributed by atoms with E-state index in [4.69, 9.17) is 8.85 Å². The zero-order valence-corrected chi connectivity index (χ0v) is 11.5. The van der Waals surface area contributed by atoms with Crippen LogP contribution in [0.15, 0.2) is 10.9 Å². The quantitative estimate of drug-likeness (QED) is 0.537. The largest absolute Gasteiger partial charge is 0.463 e. The maximum absolute atomic E-state index is 11.6. The van der Waals surface area contributed by atoms with Crippen molar-refractivity contribution in [1.29, 1.82) is 0 Å². The Morgan fingerprint density at radius 2 is 2.00 bits per heavy atom. The van der Waals surface area contributed by atoms with Crippen molar-refractivity contribution >= 4 is 22.6 Å². The molecule has 0 unspecified atom stereocenters. The van der Waals surface area contributed by atoms with E-state index in [9.17, 15) is 4.79 Å². The first-order valence-electron chi connectivity index (χ1n) is 4.89. The summed E-state index contributed by atoms with van der Waals surface area (Å²) in [6, 6.07) is 0. The van der Waals surface area contributed by atoms with Gasteiger partial charge in [-0.2, -0.15) is 0 Å². The summed E-state index contributed by atoms with van der Waals surface area (Å²) in [5.41, 5.74) is 2.04. The van der Waals surface area contributed by atoms with Crippen LogP contribution in [0.1, 0.15) is 6.92 Å². The summed E-state index contributed by atoms with van der Waals surface area (Å²) in [5, 5.41) is 0.816. The van der Waals surface area contributed by atoms with Crippen LogP contribution in [0.3, 0.4) is 0 Å². The van der Waals surface area contributed by atoms with E-state index >= 15 is 0 Å². The van der Waals surface area contributed by atoms with Crippen LogP contribution in [-0.2, 0) is 13.6 Å². The number of carbonyl (C=O) groups excluding carboxylic acids is 1. The highest BCUT2D eigenvalue weighted by atomic mass is 28.4. The van der Waals surface area contributed by atoms with E-state index in [0.717, 1.165) is 5.20 Å². The van der Waals surface area contributed by atoms with Crippen molar-refractivity contribution in [3.05, 3.63) is 10.9 Å². The van der Waals surface area contributed by atoms with Crippen molar-refractivity contribution in [1.82, 2.24) is 0 Å². The van der Waals surface area contributed by atoms with E-state index in [2.05, 4.69) is 26.2 Å². The summed E-state index contributed by atoms with van der Waals surface area (Å²) >= 11 is 0. The van der Waals surface area contributed by atoms with Crippen LogP contribution in [0.2, 0.25) is 26.2 Å². The number of hydrogen-bond donors (Lipinski definition) is 0. The molecule has 0 saturated carbocycles. The lowest BCUT2D eigenvalue weighted by molar-refractivity contribution is -0.137. The van der Waals surface area contributed by atoms with Crippen LogP contribution < -0.4 is 0 Å². The van der Waals surface area contributed by atoms with Gasteiger partial charge in [-0.15, -0.1) is 0 Å². The fourth-order valence-electron chi connectivity index (χ4n) is 1.78. The topological polar surface area (TPSA) is 35.5 Å². The maximum Gasteiger partial charge on any atom is 0.331 e. The lowest BCUT2D eigenvalue weighted by atomic mass is 10.6. The molecular weight excluding hydrogens is 212 g/mol. The Bertz CT molecular complexity index is 282. The van der Waals surface area contributed by atoms with Crippen LogP contribution in [0.5, 0.6) is 0 Å². The number of rotatable bonds is 2. The SMILES string of the molecule is CCOC(=O)C1=C[Si](C)(C)O[Si]1(C)C. The molecule has 1 heterocycles. The van der Waals surface area contributed by atoms with Crippen molar-refractivity contribution in [2.24, 2.45) is 0 Å². The summed E-state index contributed by atoms with van der Waals surface area (Å²) in [4.78, 5) is 11.6. The highest BCUT2D eigenvalue weighted by Gasteiger charge is 2.45. The molecule has 5 heteroatoms. The van der Waals surface area contributed by atoms with Gasteiger partial charge in [0.05, 0.1) is 6.61 Å². The second kappa shape index (κ2) is 3.64. The summed E-state index contributed by atoms with van der Waals surface area (Å²) in [5.74, 6) is -0.178. The van der Waals surface area contributed by atoms with E-state index < -0.39 is 16.6 Å². The molecular formula is C9H18O3Si2. The summed E-state index contributed by atoms with van der Waals surface area (Å²) in [6.45, 7) is 10.6. The molecule has 0 aromatic rings. The van der Waals surface area contributed by atoms with Crippen LogP contribution in [-0.4, -0.2) is 29.2 Å². The molecule has 1 aliphatic heterocycles. The number of hydrogen-bond acceptors (Lipinski definition) is 3. The molecule has 14 heavy (non-hydrogen) atoms. The molecule has 80 valence electrons. The van der Waals surface area contributed by atoms with Gasteiger partial charge in [-0.25, -0.2) is 4.79 Å². The molecule has 0 radical (unpaired) electrons. The number of esters is 1. The third-order valence-corrected chi connectivity index (χ3v) is 9.22. The summed E-state index contributed by atoms with van der Waals surface area (Å²) < 4.78 is 11.0. The normalized spacial score (nSPS) is 23.1. The van der Waals surface area contributed by atoms with Crippen LogP contribution in [0, 0.1) is 0 Å². The Morgan fingerprint density at radius 3 is 2.36 bits per heavy atom. The molecule has 0 aromatic carbocycles. The smallest absolute Gasteiger partial charge is 0.331 e. The minimum Gasteiger partial charge on any atom is -0.463 e. The minimum atomic E-state index is -1.96. The van der Waals surface area contributed by atoms with Gasteiger partial charge in [0.15, 0.2) is 8.32 Å². The Morgan fingerprint density at radius 1 is 1.43 bits per heavy atom. The van der Waals surface area contributed by atoms with E-state index in [1.807, 2.05) is 12.6 Å². The van der Waals surface area contributed by atoms with Gasteiger partial charge >= 0.3 is 5.97 Å². The first-order chi connectivity index (χ1) is 6.28. The third kappa shape index (κ3) is 2.34. The molecule has 3 nitrogen and oxygen atoms in total. The van der Waals surface area contributed by atoms with E-state index in [1.54, 1.807) is 0 Å². The van der Waals surface area contributed by atoms with Gasteiger partial charge in [-0.05, 0) is 33.1 Å². The first-order valence-corrected chi connectivity index (χ1v) is 10.8. The van der Waals surface area contributed by atoms with E-state index in [1.165, 1.54) is 0 Å². The van der Waals surface area contributed by atoms with Gasteiger partial charge in [0.25, 0.3) is 0 Å². The van der Waals surface area contributed by atoms with Crippen molar-refractivity contribution in [2.75, 3.05) is 6.61 Å². The monoisotopic (exact) mass is 230 g/mol. The second-order valence-electron chi connectivity index (χ2n) is 4.49. The van der Waals surface area contributed by atoms with Crippen LogP contribution in [0.25, 0.3) is 0 Å². The summed E-state index contributed by atoms with van der Waals surface area (Å²) in [7, 11) is -3.69. The Labute approximate surface area is 87.4 Å². The maximum atomic E-state index is 11.6. The molecule has 0 atom stereocenters. The average Bonchev–Trinajstić information content (AvgIpc) is 2.19. The number of carbonyl (C=O) groups is 1. The molecule has 0 fully saturated rings. The molecule has 0 N–H and O–H groups in total. The number of ether oxygens (including phenoxy) is 1. The van der Waals surface area contributed by atoms with Crippen molar-refractivity contribution in [3.8, 4) is 0 Å².